The number of benzene rings is 1. The third kappa shape index (κ3) is 2.53. The molecule has 1 aromatic rings. The predicted molar refractivity (Wildman–Crippen MR) is 54.8 cm³/mol. The zero-order valence-electron chi connectivity index (χ0n) is 7.68. The number of alkyl halides is 1. The van der Waals surface area contributed by atoms with E-state index < -0.39 is 0 Å². The van der Waals surface area contributed by atoms with Crippen molar-refractivity contribution < 1.29 is 0 Å². The van der Waals surface area contributed by atoms with Crippen molar-refractivity contribution >= 4 is 11.6 Å². The lowest BCUT2D eigenvalue weighted by molar-refractivity contribution is 0.652. The fraction of sp³-hybridized carbons (Fsp3) is 0.455. The largest absolute Gasteiger partial charge is 0.126 e. The molecule has 0 fully saturated rings. The van der Waals surface area contributed by atoms with Gasteiger partial charge in [-0.2, -0.15) is 0 Å². The van der Waals surface area contributed by atoms with Crippen LogP contribution in [0.2, 0.25) is 0 Å². The highest BCUT2D eigenvalue weighted by molar-refractivity contribution is 6.18. The van der Waals surface area contributed by atoms with E-state index in [2.05, 4.69) is 38.1 Å². The van der Waals surface area contributed by atoms with Crippen LogP contribution in [0.4, 0.5) is 0 Å². The van der Waals surface area contributed by atoms with Crippen molar-refractivity contribution in [3.63, 3.8) is 0 Å². The van der Waals surface area contributed by atoms with E-state index in [-0.39, 0.29) is 0 Å². The molecule has 0 bridgehead atoms. The standard InChI is InChI=1S/C11H15Cl/c1-9(8-12)7-11-6-4-3-5-10(11)2/h3-6,9H,7-8H2,1-2H3. The molecule has 1 atom stereocenters. The molecule has 0 saturated heterocycles. The number of aryl methyl sites for hydroxylation is 1. The van der Waals surface area contributed by atoms with Gasteiger partial charge in [0.15, 0.2) is 0 Å². The van der Waals surface area contributed by atoms with Gasteiger partial charge in [0.1, 0.15) is 0 Å². The minimum Gasteiger partial charge on any atom is -0.126 e. The molecule has 0 nitrogen and oxygen atoms in total. The van der Waals surface area contributed by atoms with Gasteiger partial charge in [0.25, 0.3) is 0 Å². The summed E-state index contributed by atoms with van der Waals surface area (Å²) in [6, 6.07) is 8.49. The minimum absolute atomic E-state index is 0.577. The zero-order valence-corrected chi connectivity index (χ0v) is 8.43. The molecule has 0 radical (unpaired) electrons. The molecule has 1 aromatic carbocycles. The highest BCUT2D eigenvalue weighted by Gasteiger charge is 2.03. The first-order chi connectivity index (χ1) is 5.74. The molecule has 0 aliphatic rings. The van der Waals surface area contributed by atoms with Crippen LogP contribution < -0.4 is 0 Å². The van der Waals surface area contributed by atoms with E-state index in [1.807, 2.05) is 0 Å². The monoisotopic (exact) mass is 182 g/mol. The van der Waals surface area contributed by atoms with E-state index in [0.717, 1.165) is 12.3 Å². The van der Waals surface area contributed by atoms with Gasteiger partial charge < -0.3 is 0 Å². The molecular formula is C11H15Cl. The van der Waals surface area contributed by atoms with Crippen LogP contribution in [0.15, 0.2) is 24.3 Å². The molecule has 1 rings (SSSR count). The summed E-state index contributed by atoms with van der Waals surface area (Å²) in [7, 11) is 0. The molecule has 0 saturated carbocycles. The quantitative estimate of drug-likeness (QED) is 0.629. The summed E-state index contributed by atoms with van der Waals surface area (Å²) in [6.45, 7) is 4.33. The van der Waals surface area contributed by atoms with E-state index in [0.29, 0.717) is 5.92 Å². The van der Waals surface area contributed by atoms with Crippen molar-refractivity contribution in [1.82, 2.24) is 0 Å². The molecule has 0 heterocycles. The van der Waals surface area contributed by atoms with Gasteiger partial charge in [-0.1, -0.05) is 31.2 Å². The van der Waals surface area contributed by atoms with Gasteiger partial charge in [0.2, 0.25) is 0 Å². The molecular weight excluding hydrogens is 168 g/mol. The lowest BCUT2D eigenvalue weighted by Gasteiger charge is -2.09. The minimum atomic E-state index is 0.577. The Kier molecular flexibility index (Phi) is 3.61. The topological polar surface area (TPSA) is 0 Å². The SMILES string of the molecule is Cc1ccccc1CC(C)CCl. The fourth-order valence-electron chi connectivity index (χ4n) is 1.27. The summed E-state index contributed by atoms with van der Waals surface area (Å²) in [4.78, 5) is 0. The summed E-state index contributed by atoms with van der Waals surface area (Å²) < 4.78 is 0. The van der Waals surface area contributed by atoms with Crippen LogP contribution in [-0.4, -0.2) is 5.88 Å². The molecule has 1 unspecified atom stereocenters. The van der Waals surface area contributed by atoms with Crippen LogP contribution in [0.5, 0.6) is 0 Å². The maximum absolute atomic E-state index is 5.75. The maximum atomic E-state index is 5.75. The third-order valence-electron chi connectivity index (χ3n) is 2.09. The first kappa shape index (κ1) is 9.60. The lowest BCUT2D eigenvalue weighted by atomic mass is 9.99. The molecule has 66 valence electrons. The molecule has 12 heavy (non-hydrogen) atoms. The maximum Gasteiger partial charge on any atom is 0.0252 e. The van der Waals surface area contributed by atoms with Gasteiger partial charge in [-0.15, -0.1) is 11.6 Å². The van der Waals surface area contributed by atoms with Crippen LogP contribution in [0, 0.1) is 12.8 Å². The van der Waals surface area contributed by atoms with Crippen molar-refractivity contribution in [2.75, 3.05) is 5.88 Å². The Hall–Kier alpha value is -0.490. The van der Waals surface area contributed by atoms with Crippen LogP contribution in [0.1, 0.15) is 18.1 Å². The average Bonchev–Trinajstić information content (AvgIpc) is 2.09. The highest BCUT2D eigenvalue weighted by atomic mass is 35.5. The van der Waals surface area contributed by atoms with Crippen LogP contribution in [-0.2, 0) is 6.42 Å². The zero-order chi connectivity index (χ0) is 8.97. The Morgan fingerprint density at radius 1 is 1.33 bits per heavy atom. The second kappa shape index (κ2) is 4.51. The average molecular weight is 183 g/mol. The summed E-state index contributed by atoms with van der Waals surface area (Å²) in [6.07, 6.45) is 1.09. The summed E-state index contributed by atoms with van der Waals surface area (Å²) >= 11 is 5.75. The molecule has 0 amide bonds. The van der Waals surface area contributed by atoms with E-state index in [4.69, 9.17) is 11.6 Å². The summed E-state index contributed by atoms with van der Waals surface area (Å²) in [5, 5.41) is 0. The first-order valence-electron chi connectivity index (χ1n) is 4.34. The Bertz CT molecular complexity index is 243. The second-order valence-corrected chi connectivity index (χ2v) is 3.70. The molecule has 1 heteroatoms. The summed E-state index contributed by atoms with van der Waals surface area (Å²) in [5.41, 5.74) is 2.79. The second-order valence-electron chi connectivity index (χ2n) is 3.39. The number of rotatable bonds is 3. The smallest absolute Gasteiger partial charge is 0.0252 e. The van der Waals surface area contributed by atoms with Gasteiger partial charge in [-0.3, -0.25) is 0 Å². The first-order valence-corrected chi connectivity index (χ1v) is 4.88. The number of hydrogen-bond acceptors (Lipinski definition) is 0. The normalized spacial score (nSPS) is 12.9. The summed E-state index contributed by atoms with van der Waals surface area (Å²) in [5.74, 6) is 1.32. The van der Waals surface area contributed by atoms with Crippen LogP contribution in [0.3, 0.4) is 0 Å². The van der Waals surface area contributed by atoms with Gasteiger partial charge in [-0.25, -0.2) is 0 Å². The van der Waals surface area contributed by atoms with Gasteiger partial charge in [-0.05, 0) is 30.4 Å². The Morgan fingerprint density at radius 2 is 2.00 bits per heavy atom. The van der Waals surface area contributed by atoms with Crippen molar-refractivity contribution in [2.45, 2.75) is 20.3 Å². The van der Waals surface area contributed by atoms with Crippen LogP contribution in [0.25, 0.3) is 0 Å². The Balaban J connectivity index is 2.69. The van der Waals surface area contributed by atoms with E-state index in [1.54, 1.807) is 0 Å². The highest BCUT2D eigenvalue weighted by Crippen LogP contribution is 2.13. The van der Waals surface area contributed by atoms with Gasteiger partial charge >= 0.3 is 0 Å². The fourth-order valence-corrected chi connectivity index (χ4v) is 1.38. The van der Waals surface area contributed by atoms with Crippen LogP contribution >= 0.6 is 11.6 Å². The number of hydrogen-bond donors (Lipinski definition) is 0. The van der Waals surface area contributed by atoms with Crippen molar-refractivity contribution in [3.8, 4) is 0 Å². The van der Waals surface area contributed by atoms with Gasteiger partial charge in [0.05, 0.1) is 0 Å². The lowest BCUT2D eigenvalue weighted by Crippen LogP contribution is -2.02. The Labute approximate surface area is 79.6 Å². The molecule has 0 aromatic heterocycles. The van der Waals surface area contributed by atoms with Crippen molar-refractivity contribution in [3.05, 3.63) is 35.4 Å². The van der Waals surface area contributed by atoms with E-state index in [9.17, 15) is 0 Å². The van der Waals surface area contributed by atoms with Crippen molar-refractivity contribution in [2.24, 2.45) is 5.92 Å². The van der Waals surface area contributed by atoms with E-state index in [1.165, 1.54) is 11.1 Å². The molecule has 0 aliphatic heterocycles. The van der Waals surface area contributed by atoms with Crippen molar-refractivity contribution in [1.29, 1.82) is 0 Å². The Morgan fingerprint density at radius 3 is 2.58 bits per heavy atom. The third-order valence-corrected chi connectivity index (χ3v) is 2.62. The van der Waals surface area contributed by atoms with E-state index >= 15 is 0 Å². The molecule has 0 N–H and O–H groups in total. The predicted octanol–water partition coefficient (Wildman–Crippen LogP) is 3.41. The van der Waals surface area contributed by atoms with Gasteiger partial charge in [0, 0.05) is 5.88 Å². The molecule has 0 spiro atoms. The number of halogens is 1. The molecule has 0 aliphatic carbocycles.